The summed E-state index contributed by atoms with van der Waals surface area (Å²) in [6.07, 6.45) is 0.382. The van der Waals surface area contributed by atoms with Gasteiger partial charge in [-0.05, 0) is 48.7 Å². The second-order valence-electron chi connectivity index (χ2n) is 8.67. The maximum absolute atomic E-state index is 13.6. The van der Waals surface area contributed by atoms with E-state index in [4.69, 9.17) is 4.74 Å². The molecule has 1 amide bonds. The van der Waals surface area contributed by atoms with Crippen LogP contribution in [0.15, 0.2) is 52.1 Å². The maximum atomic E-state index is 13.6. The van der Waals surface area contributed by atoms with Crippen LogP contribution in [0, 0.1) is 0 Å². The molecule has 0 spiro atoms. The fourth-order valence-electron chi connectivity index (χ4n) is 4.43. The van der Waals surface area contributed by atoms with Gasteiger partial charge < -0.3 is 14.4 Å². The van der Waals surface area contributed by atoms with Gasteiger partial charge in [0, 0.05) is 19.1 Å². The molecule has 0 aliphatic carbocycles. The molecular weight excluding hydrogens is 498 g/mol. The van der Waals surface area contributed by atoms with Crippen molar-refractivity contribution in [2.45, 2.75) is 38.1 Å². The van der Waals surface area contributed by atoms with Crippen LogP contribution in [-0.2, 0) is 11.3 Å². The van der Waals surface area contributed by atoms with Crippen LogP contribution in [0.4, 0.5) is 17.6 Å². The fourth-order valence-corrected chi connectivity index (χ4v) is 4.43. The smallest absolute Gasteiger partial charge is 0.387 e. The van der Waals surface area contributed by atoms with E-state index in [1.165, 1.54) is 47.0 Å². The van der Waals surface area contributed by atoms with Crippen LogP contribution in [0.1, 0.15) is 24.4 Å². The van der Waals surface area contributed by atoms with Crippen LogP contribution >= 0.6 is 0 Å². The molecule has 1 saturated heterocycles. The topological polar surface area (TPSA) is 82.8 Å². The number of carbonyl (C=O) groups excluding carboxylic acids is 1. The number of rotatable bonds is 10. The number of benzene rings is 2. The van der Waals surface area contributed by atoms with Crippen molar-refractivity contribution in [2.24, 2.45) is 0 Å². The number of hydrogen-bond donors (Lipinski definition) is 0. The highest BCUT2D eigenvalue weighted by Gasteiger charge is 2.25. The molecule has 198 valence electrons. The molecule has 8 nitrogen and oxygen atoms in total. The summed E-state index contributed by atoms with van der Waals surface area (Å²) < 4.78 is 63.1. The number of piperidine rings is 1. The molecule has 0 N–H and O–H groups in total. The van der Waals surface area contributed by atoms with Crippen molar-refractivity contribution in [3.63, 3.8) is 0 Å². The fraction of sp³-hybridized carbons (Fsp3) is 0.400. The van der Waals surface area contributed by atoms with Gasteiger partial charge in [0.15, 0.2) is 6.10 Å². The molecule has 3 aromatic rings. The van der Waals surface area contributed by atoms with Crippen molar-refractivity contribution >= 4 is 17.3 Å². The van der Waals surface area contributed by atoms with E-state index in [9.17, 15) is 31.9 Å². The highest BCUT2D eigenvalue weighted by atomic mass is 19.3. The minimum atomic E-state index is -2.99. The lowest BCUT2D eigenvalue weighted by molar-refractivity contribution is -0.119. The van der Waals surface area contributed by atoms with Gasteiger partial charge in [0.25, 0.3) is 5.56 Å². The number of aromatic nitrogens is 2. The number of carbonyl (C=O) groups is 1. The zero-order valence-electron chi connectivity index (χ0n) is 19.7. The number of likely N-dealkylation sites (tertiary alicyclic amines) is 1. The van der Waals surface area contributed by atoms with E-state index in [1.54, 1.807) is 4.90 Å². The van der Waals surface area contributed by atoms with Crippen LogP contribution in [0.25, 0.3) is 10.9 Å². The first-order chi connectivity index (χ1) is 17.8. The summed E-state index contributed by atoms with van der Waals surface area (Å²) in [6, 6.07) is 9.54. The highest BCUT2D eigenvalue weighted by molar-refractivity contribution is 5.80. The molecule has 0 atom stereocenters. The Morgan fingerprint density at radius 2 is 1.59 bits per heavy atom. The third-order valence-electron chi connectivity index (χ3n) is 6.29. The van der Waals surface area contributed by atoms with Crippen LogP contribution < -0.4 is 20.7 Å². The van der Waals surface area contributed by atoms with E-state index in [1.807, 2.05) is 0 Å². The Kier molecular flexibility index (Phi) is 8.14. The number of halogens is 4. The second-order valence-corrected chi connectivity index (χ2v) is 8.67. The SMILES string of the molecule is O=CN1CCC(n2c(=O)n(Cc3ccc(OC(F)F)cc3)c(=O)c3cc(OC(CF)CF)ccc32)CC1. The number of ether oxygens (including phenoxy) is 2. The van der Waals surface area contributed by atoms with Gasteiger partial charge in [0.1, 0.15) is 24.8 Å². The number of nitrogens with zero attached hydrogens (tertiary/aromatic N) is 3. The number of hydrogen-bond acceptors (Lipinski definition) is 5. The van der Waals surface area contributed by atoms with Crippen molar-refractivity contribution in [3.8, 4) is 11.5 Å². The largest absolute Gasteiger partial charge is 0.485 e. The Morgan fingerprint density at radius 1 is 0.946 bits per heavy atom. The average molecular weight is 523 g/mol. The average Bonchev–Trinajstić information content (AvgIpc) is 2.91. The Labute approximate surface area is 208 Å². The zero-order valence-corrected chi connectivity index (χ0v) is 19.7. The number of alkyl halides is 4. The van der Waals surface area contributed by atoms with E-state index >= 15 is 0 Å². The van der Waals surface area contributed by atoms with Gasteiger partial charge in [-0.2, -0.15) is 8.78 Å². The van der Waals surface area contributed by atoms with Gasteiger partial charge in [-0.25, -0.2) is 13.6 Å². The highest BCUT2D eigenvalue weighted by Crippen LogP contribution is 2.26. The van der Waals surface area contributed by atoms with Crippen LogP contribution in [-0.4, -0.2) is 59.6 Å². The Balaban J connectivity index is 1.79. The standard InChI is InChI=1S/C25H25F4N3O5/c26-12-20(13-27)36-19-5-6-22-21(11-19)23(34)31(14-16-1-3-18(4-2-16)37-24(28)29)25(35)32(22)17-7-9-30(15-33)10-8-17/h1-6,11,15,17,20,24H,7-10,12-14H2. The summed E-state index contributed by atoms with van der Waals surface area (Å²) >= 11 is 0. The van der Waals surface area contributed by atoms with E-state index < -0.39 is 37.3 Å². The van der Waals surface area contributed by atoms with Crippen LogP contribution in [0.2, 0.25) is 0 Å². The molecule has 12 heteroatoms. The monoisotopic (exact) mass is 523 g/mol. The van der Waals surface area contributed by atoms with Crippen molar-refractivity contribution in [2.75, 3.05) is 26.4 Å². The molecule has 0 saturated carbocycles. The predicted octanol–water partition coefficient (Wildman–Crippen LogP) is 3.29. The number of amides is 1. The first-order valence-electron chi connectivity index (χ1n) is 11.7. The van der Waals surface area contributed by atoms with E-state index in [-0.39, 0.29) is 29.5 Å². The molecule has 0 radical (unpaired) electrons. The first-order valence-corrected chi connectivity index (χ1v) is 11.7. The minimum Gasteiger partial charge on any atom is -0.485 e. The Morgan fingerprint density at radius 3 is 2.19 bits per heavy atom. The quantitative estimate of drug-likeness (QED) is 0.301. The van der Waals surface area contributed by atoms with Crippen LogP contribution in [0.5, 0.6) is 11.5 Å². The molecule has 1 aliphatic rings. The summed E-state index contributed by atoms with van der Waals surface area (Å²) in [4.78, 5) is 39.8. The minimum absolute atomic E-state index is 0.0685. The van der Waals surface area contributed by atoms with Crippen molar-refractivity contribution in [1.29, 1.82) is 0 Å². The normalized spacial score (nSPS) is 14.5. The second kappa shape index (κ2) is 11.5. The molecular formula is C25H25F4N3O5. The summed E-state index contributed by atoms with van der Waals surface area (Å²) in [6.45, 7) is -4.39. The van der Waals surface area contributed by atoms with Crippen LogP contribution in [0.3, 0.4) is 0 Å². The predicted molar refractivity (Wildman–Crippen MR) is 127 cm³/mol. The number of fused-ring (bicyclic) bond motifs is 1. The summed E-state index contributed by atoms with van der Waals surface area (Å²) in [7, 11) is 0. The summed E-state index contributed by atoms with van der Waals surface area (Å²) in [5, 5.41) is 0.115. The first kappa shape index (κ1) is 26.2. The van der Waals surface area contributed by atoms with Gasteiger partial charge in [-0.15, -0.1) is 0 Å². The molecule has 2 heterocycles. The third kappa shape index (κ3) is 5.78. The van der Waals surface area contributed by atoms with Gasteiger partial charge in [-0.3, -0.25) is 18.7 Å². The van der Waals surface area contributed by atoms with Gasteiger partial charge >= 0.3 is 12.3 Å². The molecule has 37 heavy (non-hydrogen) atoms. The molecule has 0 unspecified atom stereocenters. The van der Waals surface area contributed by atoms with Crippen molar-refractivity contribution < 1.29 is 31.8 Å². The molecule has 1 aromatic heterocycles. The lowest BCUT2D eigenvalue weighted by Gasteiger charge is -2.31. The molecule has 4 rings (SSSR count). The van der Waals surface area contributed by atoms with E-state index in [2.05, 4.69) is 4.74 Å². The molecule has 2 aromatic carbocycles. The van der Waals surface area contributed by atoms with Crippen molar-refractivity contribution in [3.05, 3.63) is 68.9 Å². The molecule has 1 fully saturated rings. The maximum Gasteiger partial charge on any atom is 0.387 e. The third-order valence-corrected chi connectivity index (χ3v) is 6.29. The van der Waals surface area contributed by atoms with E-state index in [0.717, 1.165) is 11.0 Å². The molecule has 1 aliphatic heterocycles. The Bertz CT molecular complexity index is 1350. The Hall–Kier alpha value is -3.83. The lowest BCUT2D eigenvalue weighted by atomic mass is 10.0. The van der Waals surface area contributed by atoms with Gasteiger partial charge in [0.05, 0.1) is 17.4 Å². The van der Waals surface area contributed by atoms with Gasteiger partial charge in [-0.1, -0.05) is 12.1 Å². The van der Waals surface area contributed by atoms with Gasteiger partial charge in [0.2, 0.25) is 6.41 Å². The lowest BCUT2D eigenvalue weighted by Crippen LogP contribution is -2.44. The van der Waals surface area contributed by atoms with Crippen molar-refractivity contribution in [1.82, 2.24) is 14.0 Å². The molecule has 0 bridgehead atoms. The summed E-state index contributed by atoms with van der Waals surface area (Å²) in [5.41, 5.74) is -0.392. The zero-order chi connectivity index (χ0) is 26.5. The van der Waals surface area contributed by atoms with E-state index in [0.29, 0.717) is 37.0 Å². The summed E-state index contributed by atoms with van der Waals surface area (Å²) in [5.74, 6) is 0.00644.